The molecular weight excluding hydrogens is 195 g/mol. The lowest BCUT2D eigenvalue weighted by Gasteiger charge is -2.12. The number of carbonyl (C=O) groups is 1. The summed E-state index contributed by atoms with van der Waals surface area (Å²) in [5, 5.41) is 0. The van der Waals surface area contributed by atoms with Gasteiger partial charge in [0.2, 0.25) is 0 Å². The zero-order chi connectivity index (χ0) is 11.3. The minimum Gasteiger partial charge on any atom is -0.469 e. The predicted octanol–water partition coefficient (Wildman–Crippen LogP) is 2.66. The van der Waals surface area contributed by atoms with Gasteiger partial charge in [-0.3, -0.25) is 4.79 Å². The van der Waals surface area contributed by atoms with Crippen molar-refractivity contribution in [3.63, 3.8) is 0 Å². The van der Waals surface area contributed by atoms with Gasteiger partial charge in [0.05, 0.1) is 13.0 Å². The largest absolute Gasteiger partial charge is 0.469 e. The number of allylic oxidation sites excluding steroid dienone is 1. The highest BCUT2D eigenvalue weighted by molar-refractivity contribution is 5.78. The minimum absolute atomic E-state index is 0.319. The number of benzene rings is 1. The standard InChI is InChI=1S/C12H13FO2/c1-3-4-11(12(14)15-2)9-5-7-10(13)8-6-9/h3,5-8,11H,1,4H2,2H3. The molecule has 0 radical (unpaired) electrons. The Bertz CT molecular complexity index is 343. The van der Waals surface area contributed by atoms with Crippen LogP contribution in [0.5, 0.6) is 0 Å². The summed E-state index contributed by atoms with van der Waals surface area (Å²) in [7, 11) is 1.34. The summed E-state index contributed by atoms with van der Waals surface area (Å²) in [4.78, 5) is 11.4. The van der Waals surface area contributed by atoms with Gasteiger partial charge in [0, 0.05) is 0 Å². The van der Waals surface area contributed by atoms with Gasteiger partial charge in [-0.25, -0.2) is 4.39 Å². The molecular formula is C12H13FO2. The fourth-order valence-corrected chi connectivity index (χ4v) is 1.37. The molecule has 0 amide bonds. The van der Waals surface area contributed by atoms with E-state index in [1.165, 1.54) is 19.2 Å². The highest BCUT2D eigenvalue weighted by Gasteiger charge is 2.19. The molecule has 0 saturated heterocycles. The average Bonchev–Trinajstić information content (AvgIpc) is 2.26. The van der Waals surface area contributed by atoms with Crippen LogP contribution in [0.3, 0.4) is 0 Å². The lowest BCUT2D eigenvalue weighted by Crippen LogP contribution is -2.13. The van der Waals surface area contributed by atoms with Crippen LogP contribution >= 0.6 is 0 Å². The molecule has 15 heavy (non-hydrogen) atoms. The van der Waals surface area contributed by atoms with E-state index in [4.69, 9.17) is 0 Å². The smallest absolute Gasteiger partial charge is 0.313 e. The quantitative estimate of drug-likeness (QED) is 0.561. The molecule has 0 N–H and O–H groups in total. The van der Waals surface area contributed by atoms with Gasteiger partial charge in [0.15, 0.2) is 0 Å². The number of ether oxygens (including phenoxy) is 1. The first-order chi connectivity index (χ1) is 7.19. The minimum atomic E-state index is -0.395. The van der Waals surface area contributed by atoms with Crippen molar-refractivity contribution in [2.45, 2.75) is 12.3 Å². The van der Waals surface area contributed by atoms with Gasteiger partial charge >= 0.3 is 5.97 Å². The molecule has 0 heterocycles. The molecule has 2 nitrogen and oxygen atoms in total. The van der Waals surface area contributed by atoms with E-state index in [2.05, 4.69) is 11.3 Å². The van der Waals surface area contributed by atoms with Crippen LogP contribution in [0, 0.1) is 5.82 Å². The van der Waals surface area contributed by atoms with Crippen LogP contribution in [0.1, 0.15) is 17.9 Å². The molecule has 0 saturated carbocycles. The first kappa shape index (κ1) is 11.4. The second-order valence-corrected chi connectivity index (χ2v) is 3.15. The summed E-state index contributed by atoms with van der Waals surface area (Å²) in [6.07, 6.45) is 2.13. The second-order valence-electron chi connectivity index (χ2n) is 3.15. The summed E-state index contributed by atoms with van der Waals surface area (Å²) in [5.41, 5.74) is 0.739. The maximum Gasteiger partial charge on any atom is 0.313 e. The number of halogens is 1. The third-order valence-electron chi connectivity index (χ3n) is 2.16. The Hall–Kier alpha value is -1.64. The maximum absolute atomic E-state index is 12.7. The van der Waals surface area contributed by atoms with Gasteiger partial charge in [-0.2, -0.15) is 0 Å². The molecule has 0 fully saturated rings. The van der Waals surface area contributed by atoms with Crippen LogP contribution < -0.4 is 0 Å². The van der Waals surface area contributed by atoms with Crippen LogP contribution in [0.15, 0.2) is 36.9 Å². The van der Waals surface area contributed by atoms with Crippen LogP contribution in [0.25, 0.3) is 0 Å². The third kappa shape index (κ3) is 2.91. The zero-order valence-corrected chi connectivity index (χ0v) is 8.57. The van der Waals surface area contributed by atoms with E-state index in [1.807, 2.05) is 0 Å². The van der Waals surface area contributed by atoms with Gasteiger partial charge in [-0.15, -0.1) is 6.58 Å². The van der Waals surface area contributed by atoms with E-state index in [9.17, 15) is 9.18 Å². The van der Waals surface area contributed by atoms with E-state index in [0.717, 1.165) is 5.56 Å². The molecule has 0 spiro atoms. The summed E-state index contributed by atoms with van der Waals surface area (Å²) < 4.78 is 17.4. The molecule has 80 valence electrons. The second kappa shape index (κ2) is 5.29. The summed E-state index contributed by atoms with van der Waals surface area (Å²) in [6.45, 7) is 3.58. The van der Waals surface area contributed by atoms with Gasteiger partial charge in [-0.05, 0) is 24.1 Å². The lowest BCUT2D eigenvalue weighted by atomic mass is 9.96. The van der Waals surface area contributed by atoms with Crippen molar-refractivity contribution in [1.29, 1.82) is 0 Å². The van der Waals surface area contributed by atoms with Crippen molar-refractivity contribution >= 4 is 5.97 Å². The number of hydrogen-bond acceptors (Lipinski definition) is 2. The van der Waals surface area contributed by atoms with Gasteiger partial charge < -0.3 is 4.74 Å². The van der Waals surface area contributed by atoms with Crippen LogP contribution in [0.4, 0.5) is 4.39 Å². The van der Waals surface area contributed by atoms with Gasteiger partial charge in [0.1, 0.15) is 5.82 Å². The van der Waals surface area contributed by atoms with Crippen molar-refractivity contribution in [3.8, 4) is 0 Å². The third-order valence-corrected chi connectivity index (χ3v) is 2.16. The van der Waals surface area contributed by atoms with Crippen LogP contribution in [-0.4, -0.2) is 13.1 Å². The molecule has 0 aliphatic heterocycles. The SMILES string of the molecule is C=CCC(C(=O)OC)c1ccc(F)cc1. The Morgan fingerprint density at radius 3 is 2.60 bits per heavy atom. The molecule has 0 aromatic heterocycles. The Balaban J connectivity index is 2.93. The molecule has 1 atom stereocenters. The fourth-order valence-electron chi connectivity index (χ4n) is 1.37. The highest BCUT2D eigenvalue weighted by Crippen LogP contribution is 2.21. The van der Waals surface area contributed by atoms with Crippen LogP contribution in [0.2, 0.25) is 0 Å². The van der Waals surface area contributed by atoms with Gasteiger partial charge in [0.25, 0.3) is 0 Å². The molecule has 1 aromatic rings. The average molecular weight is 208 g/mol. The van der Waals surface area contributed by atoms with Gasteiger partial charge in [-0.1, -0.05) is 18.2 Å². The number of esters is 1. The summed E-state index contributed by atoms with van der Waals surface area (Å²) in [6, 6.07) is 5.82. The molecule has 1 aromatic carbocycles. The first-order valence-electron chi connectivity index (χ1n) is 4.63. The number of rotatable bonds is 4. The first-order valence-corrected chi connectivity index (χ1v) is 4.63. The fraction of sp³-hybridized carbons (Fsp3) is 0.250. The monoisotopic (exact) mass is 208 g/mol. The topological polar surface area (TPSA) is 26.3 Å². The zero-order valence-electron chi connectivity index (χ0n) is 8.57. The number of hydrogen-bond donors (Lipinski definition) is 0. The molecule has 1 rings (SSSR count). The molecule has 1 unspecified atom stereocenters. The van der Waals surface area contributed by atoms with Crippen molar-refractivity contribution in [2.75, 3.05) is 7.11 Å². The lowest BCUT2D eigenvalue weighted by molar-refractivity contribution is -0.142. The highest BCUT2D eigenvalue weighted by atomic mass is 19.1. The summed E-state index contributed by atoms with van der Waals surface area (Å²) in [5.74, 6) is -1.05. The summed E-state index contributed by atoms with van der Waals surface area (Å²) >= 11 is 0. The number of methoxy groups -OCH3 is 1. The molecule has 3 heteroatoms. The Morgan fingerprint density at radius 2 is 2.13 bits per heavy atom. The van der Waals surface area contributed by atoms with E-state index in [0.29, 0.717) is 6.42 Å². The normalized spacial score (nSPS) is 11.9. The van der Waals surface area contributed by atoms with Crippen molar-refractivity contribution in [3.05, 3.63) is 48.3 Å². The predicted molar refractivity (Wildman–Crippen MR) is 56.0 cm³/mol. The number of carbonyl (C=O) groups excluding carboxylic acids is 1. The van der Waals surface area contributed by atoms with Crippen LogP contribution in [-0.2, 0) is 9.53 Å². The Labute approximate surface area is 88.4 Å². The van der Waals surface area contributed by atoms with Crippen molar-refractivity contribution in [2.24, 2.45) is 0 Å². The van der Waals surface area contributed by atoms with E-state index < -0.39 is 5.92 Å². The van der Waals surface area contributed by atoms with E-state index in [-0.39, 0.29) is 11.8 Å². The van der Waals surface area contributed by atoms with Crippen molar-refractivity contribution in [1.82, 2.24) is 0 Å². The van der Waals surface area contributed by atoms with E-state index in [1.54, 1.807) is 18.2 Å². The Kier molecular flexibility index (Phi) is 4.03. The molecule has 0 aliphatic carbocycles. The maximum atomic E-state index is 12.7. The molecule has 0 aliphatic rings. The molecule has 0 bridgehead atoms. The Morgan fingerprint density at radius 1 is 1.53 bits per heavy atom. The van der Waals surface area contributed by atoms with Crippen molar-refractivity contribution < 1.29 is 13.9 Å². The van der Waals surface area contributed by atoms with E-state index >= 15 is 0 Å².